The molecule has 3 spiro atoms. The molecule has 0 atom stereocenters. The van der Waals surface area contributed by atoms with Gasteiger partial charge in [-0.15, -0.1) is 70.6 Å². The van der Waals surface area contributed by atoms with Crippen molar-refractivity contribution < 1.29 is 14.2 Å². The van der Waals surface area contributed by atoms with Gasteiger partial charge in [-0.1, -0.05) is 98.7 Å². The second-order valence-corrected chi connectivity index (χ2v) is 29.3. The Morgan fingerprint density at radius 2 is 0.526 bits per heavy atom. The Morgan fingerprint density at radius 3 is 0.667 bits per heavy atom. The van der Waals surface area contributed by atoms with Gasteiger partial charge < -0.3 is 14.2 Å². The summed E-state index contributed by atoms with van der Waals surface area (Å²) in [6.07, 6.45) is 5.72. The highest BCUT2D eigenvalue weighted by molar-refractivity contribution is 8.22. The first-order valence-electron chi connectivity index (χ1n) is 20.8. The van der Waals surface area contributed by atoms with Crippen LogP contribution in [0.3, 0.4) is 0 Å². The lowest BCUT2D eigenvalue weighted by Crippen LogP contribution is -2.29. The zero-order chi connectivity index (χ0) is 41.0. The smallest absolute Gasteiger partial charge is 0.125 e. The molecule has 3 fully saturated rings. The molecule has 3 aromatic carbocycles. The highest BCUT2D eigenvalue weighted by Crippen LogP contribution is 2.56. The van der Waals surface area contributed by atoms with Crippen LogP contribution in [-0.4, -0.2) is 68.1 Å². The number of ether oxygens (including phenoxy) is 3. The van der Waals surface area contributed by atoms with Crippen LogP contribution in [0, 0.1) is 0 Å². The molecule has 3 aromatic rings. The first-order valence-corrected chi connectivity index (χ1v) is 26.7. The maximum Gasteiger partial charge on any atom is 0.125 e. The van der Waals surface area contributed by atoms with Gasteiger partial charge >= 0.3 is 0 Å². The Morgan fingerprint density at radius 1 is 0.351 bits per heavy atom. The van der Waals surface area contributed by atoms with Crippen LogP contribution in [0.1, 0.15) is 112 Å². The lowest BCUT2D eigenvalue weighted by atomic mass is 9.81. The Labute approximate surface area is 371 Å². The van der Waals surface area contributed by atoms with Crippen molar-refractivity contribution in [2.45, 2.75) is 129 Å². The molecule has 0 radical (unpaired) electrons. The Kier molecular flexibility index (Phi) is 13.0. The molecule has 0 unspecified atom stereocenters. The van der Waals surface area contributed by atoms with E-state index in [-0.39, 0.29) is 28.5 Å². The van der Waals surface area contributed by atoms with E-state index < -0.39 is 0 Å². The fourth-order valence-corrected chi connectivity index (χ4v) is 19.0. The standard InChI is InChI=1S/C48H66O3S6/c1-43(2,3)37-19-31-25-46(52-13-14-53-46)27-33-21-38(44(4,5)6)23-35(41(33)50-11)29-48(56-17-18-57-48)30-36-24-39(45(7,8)9)22-34(42(36)51-12)28-47(54-15-16-55-47)26-32(20-37)40(31)49-10/h19-24H,13-18,25-30H2,1-12H3. The number of hydrogen-bond donors (Lipinski definition) is 0. The van der Waals surface area contributed by atoms with Crippen molar-refractivity contribution in [1.29, 1.82) is 0 Å². The third kappa shape index (κ3) is 9.49. The van der Waals surface area contributed by atoms with Gasteiger partial charge in [0.2, 0.25) is 0 Å². The molecule has 3 nitrogen and oxygen atoms in total. The van der Waals surface area contributed by atoms with Crippen LogP contribution in [-0.2, 0) is 54.8 Å². The molecule has 3 heterocycles. The second kappa shape index (κ2) is 16.8. The molecule has 57 heavy (non-hydrogen) atoms. The fourth-order valence-electron chi connectivity index (χ4n) is 9.17. The number of methoxy groups -OCH3 is 3. The lowest BCUT2D eigenvalue weighted by Gasteiger charge is -2.35. The first-order chi connectivity index (χ1) is 26.8. The van der Waals surface area contributed by atoms with E-state index in [0.717, 1.165) is 90.3 Å². The van der Waals surface area contributed by atoms with Gasteiger partial charge in [0.15, 0.2) is 0 Å². The average Bonchev–Trinajstić information content (AvgIpc) is 3.89. The van der Waals surface area contributed by atoms with Gasteiger partial charge in [0.1, 0.15) is 17.2 Å². The molecule has 6 bridgehead atoms. The quantitative estimate of drug-likeness (QED) is 0.255. The van der Waals surface area contributed by atoms with Gasteiger partial charge in [-0.2, -0.15) is 0 Å². The van der Waals surface area contributed by atoms with Gasteiger partial charge in [0.25, 0.3) is 0 Å². The second-order valence-electron chi connectivity index (χ2n) is 19.6. The van der Waals surface area contributed by atoms with Gasteiger partial charge in [-0.3, -0.25) is 0 Å². The summed E-state index contributed by atoms with van der Waals surface area (Å²) >= 11 is 13.0. The van der Waals surface area contributed by atoms with Crippen molar-refractivity contribution in [2.24, 2.45) is 0 Å². The lowest BCUT2D eigenvalue weighted by molar-refractivity contribution is 0.396. The van der Waals surface area contributed by atoms with E-state index in [4.69, 9.17) is 14.2 Å². The molecule has 0 amide bonds. The minimum atomic E-state index is -0.0230. The van der Waals surface area contributed by atoms with Gasteiger partial charge in [-0.05, 0) is 66.3 Å². The molecule has 0 aromatic heterocycles. The fraction of sp³-hybridized carbons (Fsp3) is 0.625. The zero-order valence-corrected chi connectivity index (χ0v) is 41.5. The summed E-state index contributed by atoms with van der Waals surface area (Å²) in [6.45, 7) is 21.3. The van der Waals surface area contributed by atoms with E-state index in [1.54, 1.807) is 0 Å². The van der Waals surface area contributed by atoms with E-state index in [9.17, 15) is 0 Å². The molecule has 1 aliphatic carbocycles. The van der Waals surface area contributed by atoms with Crippen LogP contribution in [0.15, 0.2) is 36.4 Å². The molecule has 4 aliphatic rings. The molecule has 3 saturated heterocycles. The van der Waals surface area contributed by atoms with Crippen LogP contribution in [0.4, 0.5) is 0 Å². The van der Waals surface area contributed by atoms with Gasteiger partial charge in [0, 0.05) is 73.0 Å². The monoisotopic (exact) mass is 882 g/mol. The van der Waals surface area contributed by atoms with Crippen LogP contribution < -0.4 is 14.2 Å². The van der Waals surface area contributed by atoms with Gasteiger partial charge in [0.05, 0.1) is 33.6 Å². The van der Waals surface area contributed by atoms with Crippen LogP contribution in [0.5, 0.6) is 17.2 Å². The predicted octanol–water partition coefficient (Wildman–Crippen LogP) is 12.8. The van der Waals surface area contributed by atoms with Crippen molar-refractivity contribution in [2.75, 3.05) is 55.8 Å². The Balaban J connectivity index is 1.52. The highest BCUT2D eigenvalue weighted by Gasteiger charge is 2.44. The predicted molar refractivity (Wildman–Crippen MR) is 260 cm³/mol. The molecule has 0 N–H and O–H groups in total. The van der Waals surface area contributed by atoms with Crippen LogP contribution in [0.25, 0.3) is 0 Å². The SMILES string of the molecule is COc1c2cc(C(C)(C)C)cc1CC1(Cc3cc(C(C)(C)C)cc(c3OC)CC3(Cc4cc(C(C)(C)C)cc(c4OC)CC4(C2)SCCS4)SCCS3)SCCS1. The number of hydrogen-bond acceptors (Lipinski definition) is 9. The van der Waals surface area contributed by atoms with Crippen molar-refractivity contribution >= 4 is 70.6 Å². The van der Waals surface area contributed by atoms with Gasteiger partial charge in [-0.25, -0.2) is 0 Å². The Hall–Kier alpha value is -0.840. The van der Waals surface area contributed by atoms with E-state index >= 15 is 0 Å². The molecule has 7 rings (SSSR count). The third-order valence-electron chi connectivity index (χ3n) is 12.1. The van der Waals surface area contributed by atoms with E-state index in [0.29, 0.717) is 0 Å². The summed E-state index contributed by atoms with van der Waals surface area (Å²) in [5.41, 5.74) is 12.3. The molecule has 3 aliphatic heterocycles. The Bertz CT molecular complexity index is 1620. The minimum absolute atomic E-state index is 0.00354. The number of rotatable bonds is 3. The summed E-state index contributed by atoms with van der Waals surface area (Å²) in [5.74, 6) is 10.2. The van der Waals surface area contributed by atoms with Crippen LogP contribution in [0.2, 0.25) is 0 Å². The highest BCUT2D eigenvalue weighted by atomic mass is 32.2. The number of fused-ring (bicyclic) bond motifs is 6. The van der Waals surface area contributed by atoms with E-state index in [1.807, 2.05) is 21.3 Å². The summed E-state index contributed by atoms with van der Waals surface area (Å²) in [6, 6.07) is 15.0. The maximum absolute atomic E-state index is 6.60. The van der Waals surface area contributed by atoms with Crippen molar-refractivity contribution in [1.82, 2.24) is 0 Å². The normalized spacial score (nSPS) is 20.8. The summed E-state index contributed by atoms with van der Waals surface area (Å²) in [5, 5.41) is 0. The molecule has 312 valence electrons. The topological polar surface area (TPSA) is 27.7 Å². The molecule has 9 heteroatoms. The van der Waals surface area contributed by atoms with Crippen molar-refractivity contribution in [3.8, 4) is 17.2 Å². The zero-order valence-electron chi connectivity index (χ0n) is 36.6. The van der Waals surface area contributed by atoms with E-state index in [1.165, 1.54) is 50.1 Å². The molecular weight excluding hydrogens is 817 g/mol. The minimum Gasteiger partial charge on any atom is -0.496 e. The largest absolute Gasteiger partial charge is 0.496 e. The maximum atomic E-state index is 6.60. The van der Waals surface area contributed by atoms with Crippen molar-refractivity contribution in [3.05, 3.63) is 86.5 Å². The molecular formula is C48H66O3S6. The summed E-state index contributed by atoms with van der Waals surface area (Å²) in [7, 11) is 5.73. The number of thioether (sulfide) groups is 6. The summed E-state index contributed by atoms with van der Waals surface area (Å²) in [4.78, 5) is 0. The summed E-state index contributed by atoms with van der Waals surface area (Å²) < 4.78 is 19.7. The number of benzene rings is 3. The van der Waals surface area contributed by atoms with Crippen molar-refractivity contribution in [3.63, 3.8) is 0 Å². The van der Waals surface area contributed by atoms with E-state index in [2.05, 4.69) is 169 Å². The van der Waals surface area contributed by atoms with Crippen LogP contribution >= 0.6 is 70.6 Å². The average molecular weight is 883 g/mol. The molecule has 0 saturated carbocycles. The first kappa shape index (κ1) is 44.2. The third-order valence-corrected chi connectivity index (χ3v) is 22.4.